The number of hydrogen-bond donors (Lipinski definition) is 0. The fourth-order valence-electron chi connectivity index (χ4n) is 0.553. The summed E-state index contributed by atoms with van der Waals surface area (Å²) < 4.78 is 5.96. The van der Waals surface area contributed by atoms with Crippen molar-refractivity contribution >= 4 is 16.9 Å². The van der Waals surface area contributed by atoms with Crippen LogP contribution in [0, 0.1) is 0 Å². The van der Waals surface area contributed by atoms with Gasteiger partial charge in [0.25, 0.3) is 0 Å². The Balaban J connectivity index is 2.18. The summed E-state index contributed by atoms with van der Waals surface area (Å²) in [6, 6.07) is 0. The molecule has 0 radical (unpaired) electrons. The first-order valence-electron chi connectivity index (χ1n) is 2.23. The Morgan fingerprint density at radius 2 is 2.50 bits per heavy atom. The van der Waals surface area contributed by atoms with Gasteiger partial charge in [0.2, 0.25) is 0 Å². The van der Waals surface area contributed by atoms with Crippen molar-refractivity contribution in [1.82, 2.24) is 0 Å². The van der Waals surface area contributed by atoms with Gasteiger partial charge in [-0.3, -0.25) is 0 Å². The van der Waals surface area contributed by atoms with Crippen LogP contribution in [-0.4, -0.2) is 30.1 Å². The van der Waals surface area contributed by atoms with Crippen molar-refractivity contribution in [3.8, 4) is 0 Å². The van der Waals surface area contributed by atoms with E-state index in [-0.39, 0.29) is 0 Å². The van der Waals surface area contributed by atoms with Crippen LogP contribution in [0.5, 0.6) is 0 Å². The van der Waals surface area contributed by atoms with Gasteiger partial charge in [-0.1, -0.05) is 0 Å². The van der Waals surface area contributed by atoms with E-state index in [2.05, 4.69) is 0 Å². The quantitative estimate of drug-likeness (QED) is 0.433. The first-order valence-corrected chi connectivity index (χ1v) is 3.63. The van der Waals surface area contributed by atoms with Gasteiger partial charge in [0.05, 0.1) is 0 Å². The van der Waals surface area contributed by atoms with E-state index >= 15 is 0 Å². The van der Waals surface area contributed by atoms with Gasteiger partial charge >= 0.3 is 45.9 Å². The molecule has 1 rings (SSSR count). The van der Waals surface area contributed by atoms with Crippen molar-refractivity contribution < 1.29 is 4.74 Å². The summed E-state index contributed by atoms with van der Waals surface area (Å²) in [5.41, 5.74) is 0. The molecule has 2 unspecified atom stereocenters. The van der Waals surface area contributed by atoms with E-state index < -0.39 is 0 Å². The van der Waals surface area contributed by atoms with Crippen LogP contribution < -0.4 is 0 Å². The summed E-state index contributed by atoms with van der Waals surface area (Å²) in [5, 5.41) is 0. The maximum absolute atomic E-state index is 5.07. The topological polar surface area (TPSA) is 9.23 Å². The second-order valence-electron chi connectivity index (χ2n) is 1.62. The van der Waals surface area contributed by atoms with E-state index in [0.717, 1.165) is 17.9 Å². The van der Waals surface area contributed by atoms with Crippen molar-refractivity contribution in [1.29, 1.82) is 0 Å². The minimum atomic E-state index is 0.887. The SMILES string of the molecule is [AsH2]C1CCOC1. The van der Waals surface area contributed by atoms with E-state index in [1.807, 2.05) is 16.9 Å². The van der Waals surface area contributed by atoms with Crippen molar-refractivity contribution in [3.63, 3.8) is 0 Å². The van der Waals surface area contributed by atoms with Gasteiger partial charge in [-0.25, -0.2) is 0 Å². The van der Waals surface area contributed by atoms with E-state index in [1.54, 1.807) is 0 Å². The molecular weight excluding hydrogens is 139 g/mol. The predicted molar refractivity (Wildman–Crippen MR) is 27.7 cm³/mol. The second kappa shape index (κ2) is 1.99. The Kier molecular flexibility index (Phi) is 1.55. The Morgan fingerprint density at radius 3 is 2.67 bits per heavy atom. The summed E-state index contributed by atoms with van der Waals surface area (Å²) in [6.45, 7) is 2.02. The van der Waals surface area contributed by atoms with Crippen molar-refractivity contribution in [3.05, 3.63) is 0 Å². The summed E-state index contributed by atoms with van der Waals surface area (Å²) in [5.74, 6) is 0. The molecule has 0 aromatic heterocycles. The van der Waals surface area contributed by atoms with Gasteiger partial charge in [-0.2, -0.15) is 0 Å². The molecule has 0 saturated carbocycles. The zero-order valence-corrected chi connectivity index (χ0v) is 6.11. The predicted octanol–water partition coefficient (Wildman–Crippen LogP) is -0.172. The van der Waals surface area contributed by atoms with Gasteiger partial charge < -0.3 is 0 Å². The van der Waals surface area contributed by atoms with Gasteiger partial charge in [-0.15, -0.1) is 0 Å². The molecule has 36 valence electrons. The first kappa shape index (κ1) is 4.67. The van der Waals surface area contributed by atoms with E-state index in [4.69, 9.17) is 4.74 Å². The van der Waals surface area contributed by atoms with Crippen LogP contribution in [0.4, 0.5) is 0 Å². The standard InChI is InChI=1S/C4H9AsO/c5-4-1-2-6-3-4/h4H,1-3,5H2. The first-order chi connectivity index (χ1) is 2.89. The molecular formula is C4H9AsO. The van der Waals surface area contributed by atoms with Gasteiger partial charge in [0.15, 0.2) is 0 Å². The van der Waals surface area contributed by atoms with Crippen molar-refractivity contribution in [2.24, 2.45) is 0 Å². The third-order valence-electron chi connectivity index (χ3n) is 0.965. The van der Waals surface area contributed by atoms with E-state index in [1.165, 1.54) is 6.42 Å². The zero-order chi connectivity index (χ0) is 4.41. The van der Waals surface area contributed by atoms with Crippen LogP contribution in [0.2, 0.25) is 4.71 Å². The molecule has 0 bridgehead atoms. The fourth-order valence-corrected chi connectivity index (χ4v) is 1.12. The monoisotopic (exact) mass is 148 g/mol. The molecule has 1 aliphatic heterocycles. The van der Waals surface area contributed by atoms with Crippen LogP contribution in [0.3, 0.4) is 0 Å². The third-order valence-corrected chi connectivity index (χ3v) is 2.07. The van der Waals surface area contributed by atoms with E-state index in [9.17, 15) is 0 Å². The summed E-state index contributed by atoms with van der Waals surface area (Å²) in [7, 11) is 0. The van der Waals surface area contributed by atoms with Crippen molar-refractivity contribution in [2.75, 3.05) is 13.2 Å². The third kappa shape index (κ3) is 0.990. The molecule has 1 saturated heterocycles. The Bertz CT molecular complexity index is 40.8. The van der Waals surface area contributed by atoms with Crippen LogP contribution >= 0.6 is 0 Å². The van der Waals surface area contributed by atoms with Crippen molar-refractivity contribution in [2.45, 2.75) is 11.1 Å². The van der Waals surface area contributed by atoms with Gasteiger partial charge in [-0.05, 0) is 0 Å². The number of hydrogen-bond acceptors (Lipinski definition) is 1. The van der Waals surface area contributed by atoms with Gasteiger partial charge in [0, 0.05) is 0 Å². The summed E-state index contributed by atoms with van der Waals surface area (Å²) >= 11 is 1.82. The molecule has 1 heterocycles. The fraction of sp³-hybridized carbons (Fsp3) is 1.00. The summed E-state index contributed by atoms with van der Waals surface area (Å²) in [6.07, 6.45) is 1.29. The molecule has 0 N–H and O–H groups in total. The Morgan fingerprint density at radius 1 is 1.67 bits per heavy atom. The molecule has 2 heteroatoms. The average molecular weight is 148 g/mol. The molecule has 0 aliphatic carbocycles. The number of ether oxygens (including phenoxy) is 1. The van der Waals surface area contributed by atoms with Crippen LogP contribution in [0.15, 0.2) is 0 Å². The molecule has 1 fully saturated rings. The average Bonchev–Trinajstić information content (AvgIpc) is 1.86. The van der Waals surface area contributed by atoms with E-state index in [0.29, 0.717) is 0 Å². The van der Waals surface area contributed by atoms with Crippen LogP contribution in [-0.2, 0) is 4.74 Å². The zero-order valence-electron chi connectivity index (χ0n) is 3.68. The summed E-state index contributed by atoms with van der Waals surface area (Å²) in [4.78, 5) is 0. The Hall–Kier alpha value is 0.518. The molecule has 1 aliphatic rings. The molecule has 1 nitrogen and oxygen atoms in total. The van der Waals surface area contributed by atoms with Crippen LogP contribution in [0.1, 0.15) is 6.42 Å². The van der Waals surface area contributed by atoms with Gasteiger partial charge in [0.1, 0.15) is 0 Å². The minimum absolute atomic E-state index is 0.887. The molecule has 0 aromatic carbocycles. The molecule has 0 amide bonds. The molecule has 0 spiro atoms. The maximum atomic E-state index is 5.07. The molecule has 0 aromatic rings. The molecule has 2 atom stereocenters. The van der Waals surface area contributed by atoms with Crippen LogP contribution in [0.25, 0.3) is 0 Å². The second-order valence-corrected chi connectivity index (χ2v) is 3.60. The molecule has 6 heavy (non-hydrogen) atoms. The number of rotatable bonds is 0. The normalized spacial score (nSPS) is 34.5. The Labute approximate surface area is 46.6 Å².